The lowest BCUT2D eigenvalue weighted by Crippen LogP contribution is -2.37. The minimum absolute atomic E-state index is 0.0613. The molecule has 0 amide bonds. The highest BCUT2D eigenvalue weighted by Crippen LogP contribution is 2.50. The Morgan fingerprint density at radius 1 is 1.38 bits per heavy atom. The number of fused-ring (bicyclic) bond motifs is 1. The number of aryl methyl sites for hydroxylation is 1. The molecule has 1 saturated carbocycles. The van der Waals surface area contributed by atoms with Crippen LogP contribution in [0.2, 0.25) is 0 Å². The van der Waals surface area contributed by atoms with Crippen molar-refractivity contribution in [3.8, 4) is 0 Å². The van der Waals surface area contributed by atoms with E-state index in [0.29, 0.717) is 18.5 Å². The SMILES string of the molecule is Cc1ccccc1S(=O)(=O)N1C[C@@H]2CCC[C@@]2(C(=O)O)C1. The first kappa shape index (κ1) is 14.5. The van der Waals surface area contributed by atoms with Gasteiger partial charge in [-0.05, 0) is 37.3 Å². The van der Waals surface area contributed by atoms with E-state index in [4.69, 9.17) is 0 Å². The Hall–Kier alpha value is -1.40. The fourth-order valence-corrected chi connectivity index (χ4v) is 5.54. The first-order valence-electron chi connectivity index (χ1n) is 7.17. The zero-order valence-corrected chi connectivity index (χ0v) is 12.8. The lowest BCUT2D eigenvalue weighted by atomic mass is 9.81. The number of carboxylic acids is 1. The second-order valence-electron chi connectivity index (χ2n) is 6.11. The molecule has 0 radical (unpaired) electrons. The second kappa shape index (κ2) is 4.81. The van der Waals surface area contributed by atoms with Gasteiger partial charge in [0.25, 0.3) is 0 Å². The van der Waals surface area contributed by atoms with Crippen LogP contribution >= 0.6 is 0 Å². The minimum atomic E-state index is -3.61. The Balaban J connectivity index is 1.96. The average Bonchev–Trinajstić information content (AvgIpc) is 2.96. The summed E-state index contributed by atoms with van der Waals surface area (Å²) >= 11 is 0. The second-order valence-corrected chi connectivity index (χ2v) is 8.02. The van der Waals surface area contributed by atoms with Gasteiger partial charge in [0.1, 0.15) is 0 Å². The normalized spacial score (nSPS) is 29.5. The number of aliphatic carboxylic acids is 1. The Morgan fingerprint density at radius 2 is 2.10 bits per heavy atom. The van der Waals surface area contributed by atoms with Gasteiger partial charge in [-0.15, -0.1) is 0 Å². The van der Waals surface area contributed by atoms with Gasteiger partial charge in [-0.3, -0.25) is 4.79 Å². The van der Waals surface area contributed by atoms with E-state index in [-0.39, 0.29) is 17.4 Å². The summed E-state index contributed by atoms with van der Waals surface area (Å²) in [5.41, 5.74) is -0.186. The van der Waals surface area contributed by atoms with Crippen molar-refractivity contribution in [3.63, 3.8) is 0 Å². The van der Waals surface area contributed by atoms with E-state index in [1.807, 2.05) is 0 Å². The van der Waals surface area contributed by atoms with E-state index < -0.39 is 21.4 Å². The Labute approximate surface area is 124 Å². The third-order valence-corrected chi connectivity index (χ3v) is 6.95. The number of sulfonamides is 1. The summed E-state index contributed by atoms with van der Waals surface area (Å²) in [4.78, 5) is 11.9. The monoisotopic (exact) mass is 309 g/mol. The van der Waals surface area contributed by atoms with Gasteiger partial charge >= 0.3 is 5.97 Å². The zero-order chi connectivity index (χ0) is 15.3. The zero-order valence-electron chi connectivity index (χ0n) is 11.9. The van der Waals surface area contributed by atoms with Crippen molar-refractivity contribution in [3.05, 3.63) is 29.8 Å². The van der Waals surface area contributed by atoms with Crippen molar-refractivity contribution in [2.45, 2.75) is 31.1 Å². The molecule has 0 aromatic heterocycles. The summed E-state index contributed by atoms with van der Waals surface area (Å²) < 4.78 is 26.9. The van der Waals surface area contributed by atoms with Crippen molar-refractivity contribution in [2.75, 3.05) is 13.1 Å². The van der Waals surface area contributed by atoms with Crippen molar-refractivity contribution in [1.29, 1.82) is 0 Å². The van der Waals surface area contributed by atoms with E-state index in [0.717, 1.165) is 12.8 Å². The van der Waals surface area contributed by atoms with Crippen LogP contribution < -0.4 is 0 Å². The summed E-state index contributed by atoms with van der Waals surface area (Å²) in [5.74, 6) is -0.915. The van der Waals surface area contributed by atoms with Gasteiger partial charge in [0.2, 0.25) is 10.0 Å². The topological polar surface area (TPSA) is 74.7 Å². The molecule has 1 aromatic carbocycles. The van der Waals surface area contributed by atoms with Crippen LogP contribution in [-0.2, 0) is 14.8 Å². The Morgan fingerprint density at radius 3 is 2.71 bits per heavy atom. The van der Waals surface area contributed by atoms with Crippen LogP contribution in [0, 0.1) is 18.3 Å². The molecular formula is C15H19NO4S. The molecular weight excluding hydrogens is 290 g/mol. The van der Waals surface area contributed by atoms with Crippen LogP contribution in [0.25, 0.3) is 0 Å². The lowest BCUT2D eigenvalue weighted by Gasteiger charge is -2.23. The third kappa shape index (κ3) is 2.08. The Bertz CT molecular complexity index is 685. The van der Waals surface area contributed by atoms with E-state index in [9.17, 15) is 18.3 Å². The maximum absolute atomic E-state index is 12.8. The van der Waals surface area contributed by atoms with Gasteiger partial charge in [-0.25, -0.2) is 8.42 Å². The molecule has 2 aliphatic rings. The molecule has 0 bridgehead atoms. The van der Waals surface area contributed by atoms with Gasteiger partial charge < -0.3 is 5.11 Å². The van der Waals surface area contributed by atoms with Gasteiger partial charge in [0.15, 0.2) is 0 Å². The number of benzene rings is 1. The summed E-state index contributed by atoms with van der Waals surface area (Å²) in [6.07, 6.45) is 2.24. The van der Waals surface area contributed by atoms with Crippen molar-refractivity contribution in [2.24, 2.45) is 11.3 Å². The summed E-state index contributed by atoms with van der Waals surface area (Å²) in [5, 5.41) is 9.56. The third-order valence-electron chi connectivity index (χ3n) is 4.98. The smallest absolute Gasteiger partial charge is 0.311 e. The molecule has 2 atom stereocenters. The fourth-order valence-electron chi connectivity index (χ4n) is 3.76. The van der Waals surface area contributed by atoms with Crippen molar-refractivity contribution >= 4 is 16.0 Å². The Kier molecular flexibility index (Phi) is 3.33. The maximum Gasteiger partial charge on any atom is 0.311 e. The summed E-state index contributed by atoms with van der Waals surface area (Å²) in [6.45, 7) is 2.18. The van der Waals surface area contributed by atoms with E-state index in [1.165, 1.54) is 4.31 Å². The molecule has 0 unspecified atom stereocenters. The molecule has 1 saturated heterocycles. The first-order valence-corrected chi connectivity index (χ1v) is 8.61. The molecule has 114 valence electrons. The quantitative estimate of drug-likeness (QED) is 0.925. The van der Waals surface area contributed by atoms with E-state index in [1.54, 1.807) is 31.2 Å². The van der Waals surface area contributed by atoms with Gasteiger partial charge in [0, 0.05) is 13.1 Å². The average molecular weight is 309 g/mol. The number of hydrogen-bond acceptors (Lipinski definition) is 3. The lowest BCUT2D eigenvalue weighted by molar-refractivity contribution is -0.149. The van der Waals surface area contributed by atoms with Crippen LogP contribution in [0.3, 0.4) is 0 Å². The van der Waals surface area contributed by atoms with Crippen LogP contribution in [0.5, 0.6) is 0 Å². The molecule has 6 heteroatoms. The van der Waals surface area contributed by atoms with Crippen LogP contribution in [0.1, 0.15) is 24.8 Å². The fraction of sp³-hybridized carbons (Fsp3) is 0.533. The summed E-state index contributed by atoms with van der Waals surface area (Å²) in [6, 6.07) is 6.85. The molecule has 5 nitrogen and oxygen atoms in total. The molecule has 2 fully saturated rings. The maximum atomic E-state index is 12.8. The highest BCUT2D eigenvalue weighted by molar-refractivity contribution is 7.89. The van der Waals surface area contributed by atoms with E-state index >= 15 is 0 Å². The molecule has 1 heterocycles. The summed E-state index contributed by atoms with van der Waals surface area (Å²) in [7, 11) is -3.61. The number of rotatable bonds is 3. The molecule has 21 heavy (non-hydrogen) atoms. The predicted octanol–water partition coefficient (Wildman–Crippen LogP) is 1.87. The van der Waals surface area contributed by atoms with Gasteiger partial charge in [0.05, 0.1) is 10.3 Å². The van der Waals surface area contributed by atoms with Gasteiger partial charge in [-0.2, -0.15) is 4.31 Å². The molecule has 1 aliphatic carbocycles. The van der Waals surface area contributed by atoms with Crippen molar-refractivity contribution in [1.82, 2.24) is 4.31 Å². The molecule has 0 spiro atoms. The largest absolute Gasteiger partial charge is 0.481 e. The molecule has 1 aliphatic heterocycles. The highest BCUT2D eigenvalue weighted by Gasteiger charge is 2.57. The van der Waals surface area contributed by atoms with Crippen molar-refractivity contribution < 1.29 is 18.3 Å². The first-order chi connectivity index (χ1) is 9.88. The van der Waals surface area contributed by atoms with Crippen LogP contribution in [0.4, 0.5) is 0 Å². The molecule has 1 N–H and O–H groups in total. The van der Waals surface area contributed by atoms with Crippen LogP contribution in [-0.4, -0.2) is 36.9 Å². The molecule has 3 rings (SSSR count). The number of carboxylic acid groups (broad SMARTS) is 1. The standard InChI is InChI=1S/C15H19NO4S/c1-11-5-2-3-7-13(11)21(19,20)16-9-12-6-4-8-15(12,10-16)14(17)18/h2-3,5,7,12H,4,6,8-10H2,1H3,(H,17,18)/t12-,15+/m0/s1. The number of carbonyl (C=O) groups is 1. The number of hydrogen-bond donors (Lipinski definition) is 1. The molecule has 1 aromatic rings. The highest BCUT2D eigenvalue weighted by atomic mass is 32.2. The van der Waals surface area contributed by atoms with Gasteiger partial charge in [-0.1, -0.05) is 24.6 Å². The van der Waals surface area contributed by atoms with Crippen LogP contribution in [0.15, 0.2) is 29.2 Å². The predicted molar refractivity (Wildman–Crippen MR) is 77.3 cm³/mol. The number of nitrogens with zero attached hydrogens (tertiary/aromatic N) is 1. The van der Waals surface area contributed by atoms with E-state index in [2.05, 4.69) is 0 Å². The minimum Gasteiger partial charge on any atom is -0.481 e.